The van der Waals surface area contributed by atoms with Crippen LogP contribution in [0.3, 0.4) is 0 Å². The van der Waals surface area contributed by atoms with Crippen LogP contribution in [0.1, 0.15) is 33.5 Å². The molecule has 0 fully saturated rings. The number of aryl methyl sites for hydroxylation is 1. The van der Waals surface area contributed by atoms with Gasteiger partial charge in [-0.2, -0.15) is 11.8 Å². The van der Waals surface area contributed by atoms with Crippen molar-refractivity contribution in [3.8, 4) is 0 Å². The summed E-state index contributed by atoms with van der Waals surface area (Å²) in [7, 11) is 0. The maximum atomic E-state index is 12.3. The van der Waals surface area contributed by atoms with Crippen LogP contribution < -0.4 is 10.6 Å². The Hall–Kier alpha value is -2.27. The molecule has 0 saturated heterocycles. The predicted octanol–water partition coefficient (Wildman–Crippen LogP) is 3.09. The maximum Gasteiger partial charge on any atom is 0.252 e. The summed E-state index contributed by atoms with van der Waals surface area (Å²) in [6.07, 6.45) is 1.47. The summed E-state index contributed by atoms with van der Waals surface area (Å²) in [5.41, 5.74) is 4.29. The van der Waals surface area contributed by atoms with E-state index < -0.39 is 6.04 Å². The highest BCUT2D eigenvalue weighted by atomic mass is 32.2. The van der Waals surface area contributed by atoms with Crippen molar-refractivity contribution >= 4 is 23.6 Å². The minimum absolute atomic E-state index is 0.100. The molecule has 26 heavy (non-hydrogen) atoms. The standard InChI is InChI=1S/C21H24N2O2S/c1-15-7-2-3-9-17(15)14-26-12-6-11-22-21(25)19-13-16-8-4-5-10-18(16)20(24)23-19/h2-5,7-10,19H,6,11-14H2,1H3,(H,22,25)(H,23,24)/t19-/m1/s1. The lowest BCUT2D eigenvalue weighted by atomic mass is 9.95. The summed E-state index contributed by atoms with van der Waals surface area (Å²) in [5.74, 6) is 1.72. The number of rotatable bonds is 7. The Bertz CT molecular complexity index is 791. The van der Waals surface area contributed by atoms with Crippen LogP contribution in [0.2, 0.25) is 0 Å². The average Bonchev–Trinajstić information content (AvgIpc) is 2.65. The largest absolute Gasteiger partial charge is 0.354 e. The highest BCUT2D eigenvalue weighted by molar-refractivity contribution is 7.98. The minimum atomic E-state index is -0.475. The fourth-order valence-electron chi connectivity index (χ4n) is 3.05. The molecule has 0 unspecified atom stereocenters. The number of benzene rings is 2. The topological polar surface area (TPSA) is 58.2 Å². The molecule has 4 nitrogen and oxygen atoms in total. The van der Waals surface area contributed by atoms with E-state index in [4.69, 9.17) is 0 Å². The SMILES string of the molecule is Cc1ccccc1CSCCCNC(=O)[C@H]1Cc2ccccc2C(=O)N1. The first-order valence-corrected chi connectivity index (χ1v) is 10.1. The Morgan fingerprint density at radius 2 is 1.96 bits per heavy atom. The lowest BCUT2D eigenvalue weighted by molar-refractivity contribution is -0.123. The van der Waals surface area contributed by atoms with Crippen molar-refractivity contribution in [3.63, 3.8) is 0 Å². The van der Waals surface area contributed by atoms with E-state index in [1.165, 1.54) is 11.1 Å². The average molecular weight is 369 g/mol. The second kappa shape index (κ2) is 8.90. The van der Waals surface area contributed by atoms with Crippen LogP contribution in [0.5, 0.6) is 0 Å². The van der Waals surface area contributed by atoms with Gasteiger partial charge in [-0.25, -0.2) is 0 Å². The quantitative estimate of drug-likeness (QED) is 0.739. The molecule has 3 rings (SSSR count). The van der Waals surface area contributed by atoms with E-state index >= 15 is 0 Å². The van der Waals surface area contributed by atoms with Crippen molar-refractivity contribution in [2.45, 2.75) is 31.6 Å². The van der Waals surface area contributed by atoms with Crippen LogP contribution in [0.25, 0.3) is 0 Å². The summed E-state index contributed by atoms with van der Waals surface area (Å²) in [4.78, 5) is 24.4. The Kier molecular flexibility index (Phi) is 6.34. The highest BCUT2D eigenvalue weighted by Crippen LogP contribution is 2.17. The van der Waals surface area contributed by atoms with Gasteiger partial charge >= 0.3 is 0 Å². The summed E-state index contributed by atoms with van der Waals surface area (Å²) >= 11 is 1.88. The molecule has 2 amide bonds. The van der Waals surface area contributed by atoms with Gasteiger partial charge in [0, 0.05) is 24.3 Å². The number of fused-ring (bicyclic) bond motifs is 1. The van der Waals surface area contributed by atoms with E-state index in [2.05, 4.69) is 41.8 Å². The number of hydrogen-bond acceptors (Lipinski definition) is 3. The lowest BCUT2D eigenvalue weighted by Gasteiger charge is -2.24. The van der Waals surface area contributed by atoms with Crippen LogP contribution in [-0.2, 0) is 17.0 Å². The molecule has 0 aliphatic carbocycles. The molecule has 2 aromatic rings. The summed E-state index contributed by atoms with van der Waals surface area (Å²) in [6.45, 7) is 2.76. The van der Waals surface area contributed by atoms with Crippen molar-refractivity contribution in [2.75, 3.05) is 12.3 Å². The molecule has 0 bridgehead atoms. The summed E-state index contributed by atoms with van der Waals surface area (Å²) in [5, 5.41) is 5.74. The minimum Gasteiger partial charge on any atom is -0.354 e. The number of amides is 2. The van der Waals surface area contributed by atoms with Gasteiger partial charge in [-0.1, -0.05) is 42.5 Å². The van der Waals surface area contributed by atoms with Gasteiger partial charge in [0.1, 0.15) is 6.04 Å². The van der Waals surface area contributed by atoms with Gasteiger partial charge in [0.2, 0.25) is 5.91 Å². The molecule has 5 heteroatoms. The molecule has 0 spiro atoms. The van der Waals surface area contributed by atoms with Crippen molar-refractivity contribution in [1.29, 1.82) is 0 Å². The highest BCUT2D eigenvalue weighted by Gasteiger charge is 2.28. The number of carbonyl (C=O) groups excluding carboxylic acids is 2. The predicted molar refractivity (Wildman–Crippen MR) is 106 cm³/mol. The third-order valence-corrected chi connectivity index (χ3v) is 5.68. The molecule has 1 aliphatic rings. The molecule has 0 radical (unpaired) electrons. The molecule has 0 aromatic heterocycles. The van der Waals surface area contributed by atoms with E-state index in [1.807, 2.05) is 30.0 Å². The Morgan fingerprint density at radius 3 is 2.81 bits per heavy atom. The van der Waals surface area contributed by atoms with Crippen LogP contribution in [0.4, 0.5) is 0 Å². The van der Waals surface area contributed by atoms with Gasteiger partial charge in [0.05, 0.1) is 0 Å². The smallest absolute Gasteiger partial charge is 0.252 e. The molecular formula is C21H24N2O2S. The second-order valence-corrected chi connectivity index (χ2v) is 7.62. The van der Waals surface area contributed by atoms with Gasteiger partial charge in [-0.3, -0.25) is 9.59 Å². The second-order valence-electron chi connectivity index (χ2n) is 6.51. The first-order chi connectivity index (χ1) is 12.6. The first-order valence-electron chi connectivity index (χ1n) is 8.94. The summed E-state index contributed by atoms with van der Waals surface area (Å²) < 4.78 is 0. The zero-order valence-electron chi connectivity index (χ0n) is 15.0. The number of nitrogens with one attached hydrogen (secondary N) is 2. The Labute approximate surface area is 158 Å². The normalized spacial score (nSPS) is 15.9. The van der Waals surface area contributed by atoms with E-state index in [9.17, 15) is 9.59 Å². The molecule has 0 saturated carbocycles. The Balaban J connectivity index is 1.37. The van der Waals surface area contributed by atoms with E-state index in [0.29, 0.717) is 18.5 Å². The molecule has 1 heterocycles. The molecule has 1 aliphatic heterocycles. The zero-order valence-corrected chi connectivity index (χ0v) is 15.8. The van der Waals surface area contributed by atoms with Gasteiger partial charge in [0.25, 0.3) is 5.91 Å². The van der Waals surface area contributed by atoms with Crippen LogP contribution in [-0.4, -0.2) is 30.2 Å². The fraction of sp³-hybridized carbons (Fsp3) is 0.333. The molecule has 136 valence electrons. The first kappa shape index (κ1) is 18.5. The van der Waals surface area contributed by atoms with Gasteiger partial charge < -0.3 is 10.6 Å². The van der Waals surface area contributed by atoms with Crippen molar-refractivity contribution < 1.29 is 9.59 Å². The fourth-order valence-corrected chi connectivity index (χ4v) is 4.08. The van der Waals surface area contributed by atoms with Crippen LogP contribution in [0.15, 0.2) is 48.5 Å². The van der Waals surface area contributed by atoms with E-state index in [0.717, 1.165) is 23.5 Å². The number of carbonyl (C=O) groups is 2. The van der Waals surface area contributed by atoms with Crippen molar-refractivity contribution in [1.82, 2.24) is 10.6 Å². The molecule has 2 aromatic carbocycles. The summed E-state index contributed by atoms with van der Waals surface area (Å²) in [6, 6.07) is 15.4. The van der Waals surface area contributed by atoms with Crippen LogP contribution >= 0.6 is 11.8 Å². The van der Waals surface area contributed by atoms with E-state index in [1.54, 1.807) is 6.07 Å². The van der Waals surface area contributed by atoms with E-state index in [-0.39, 0.29) is 11.8 Å². The third kappa shape index (κ3) is 4.67. The molecule has 2 N–H and O–H groups in total. The number of thioether (sulfide) groups is 1. The number of hydrogen-bond donors (Lipinski definition) is 2. The van der Waals surface area contributed by atoms with Gasteiger partial charge in [-0.05, 0) is 41.9 Å². The molecule has 1 atom stereocenters. The van der Waals surface area contributed by atoms with Crippen molar-refractivity contribution in [2.24, 2.45) is 0 Å². The van der Waals surface area contributed by atoms with Crippen molar-refractivity contribution in [3.05, 3.63) is 70.8 Å². The molecular weight excluding hydrogens is 344 g/mol. The third-order valence-electron chi connectivity index (χ3n) is 4.59. The lowest BCUT2D eigenvalue weighted by Crippen LogP contribution is -2.51. The van der Waals surface area contributed by atoms with Gasteiger partial charge in [-0.15, -0.1) is 0 Å². The Morgan fingerprint density at radius 1 is 1.19 bits per heavy atom. The maximum absolute atomic E-state index is 12.3. The van der Waals surface area contributed by atoms with Gasteiger partial charge in [0.15, 0.2) is 0 Å². The van der Waals surface area contributed by atoms with Crippen LogP contribution in [0, 0.1) is 6.92 Å². The monoisotopic (exact) mass is 368 g/mol. The zero-order chi connectivity index (χ0) is 18.4.